The number of rotatable bonds is 5. The molecule has 0 aliphatic carbocycles. The number of nitrogens with zero attached hydrogens (tertiary/aromatic N) is 3. The predicted octanol–water partition coefficient (Wildman–Crippen LogP) is 4.27. The molecule has 1 saturated heterocycles. The fourth-order valence-corrected chi connectivity index (χ4v) is 3.71. The highest BCUT2D eigenvalue weighted by Crippen LogP contribution is 2.26. The van der Waals surface area contributed by atoms with Gasteiger partial charge in [-0.15, -0.1) is 10.2 Å². The van der Waals surface area contributed by atoms with Gasteiger partial charge in [0.2, 0.25) is 11.8 Å². The number of likely N-dealkylation sites (tertiary alicyclic amines) is 1. The van der Waals surface area contributed by atoms with E-state index < -0.39 is 0 Å². The fourth-order valence-electron chi connectivity index (χ4n) is 2.94. The topological polar surface area (TPSA) is 59.2 Å². The zero-order valence-corrected chi connectivity index (χ0v) is 15.1. The van der Waals surface area contributed by atoms with Crippen molar-refractivity contribution in [1.29, 1.82) is 0 Å². The monoisotopic (exact) mass is 365 g/mol. The molecule has 3 rings (SSSR count). The van der Waals surface area contributed by atoms with Gasteiger partial charge < -0.3 is 9.32 Å². The summed E-state index contributed by atoms with van der Waals surface area (Å²) in [4.78, 5) is 14.5. The van der Waals surface area contributed by atoms with Crippen LogP contribution >= 0.6 is 23.4 Å². The summed E-state index contributed by atoms with van der Waals surface area (Å²) < 4.78 is 5.63. The van der Waals surface area contributed by atoms with Gasteiger partial charge in [-0.05, 0) is 49.9 Å². The summed E-state index contributed by atoms with van der Waals surface area (Å²) in [6, 6.07) is 7.58. The Morgan fingerprint density at radius 1 is 1.33 bits per heavy atom. The van der Waals surface area contributed by atoms with Gasteiger partial charge in [-0.1, -0.05) is 30.3 Å². The van der Waals surface area contributed by atoms with Crippen LogP contribution in [0, 0.1) is 0 Å². The van der Waals surface area contributed by atoms with E-state index >= 15 is 0 Å². The number of hydrogen-bond acceptors (Lipinski definition) is 5. The average molecular weight is 366 g/mol. The van der Waals surface area contributed by atoms with E-state index in [-0.39, 0.29) is 5.91 Å². The third kappa shape index (κ3) is 4.11. The van der Waals surface area contributed by atoms with Gasteiger partial charge in [0.25, 0.3) is 5.22 Å². The maximum atomic E-state index is 12.5. The Labute approximate surface area is 150 Å². The number of carbonyl (C=O) groups is 1. The number of hydrogen-bond donors (Lipinski definition) is 0. The average Bonchev–Trinajstić information content (AvgIpc) is 3.09. The van der Waals surface area contributed by atoms with Crippen LogP contribution in [-0.4, -0.2) is 39.3 Å². The molecule has 0 bridgehead atoms. The van der Waals surface area contributed by atoms with Crippen molar-refractivity contribution < 1.29 is 9.21 Å². The zero-order chi connectivity index (χ0) is 16.9. The Morgan fingerprint density at radius 3 is 2.88 bits per heavy atom. The van der Waals surface area contributed by atoms with E-state index in [2.05, 4.69) is 17.1 Å². The zero-order valence-electron chi connectivity index (χ0n) is 13.6. The first kappa shape index (κ1) is 17.3. The largest absolute Gasteiger partial charge is 0.411 e. The summed E-state index contributed by atoms with van der Waals surface area (Å²) in [6.45, 7) is 3.00. The van der Waals surface area contributed by atoms with Crippen molar-refractivity contribution in [3.05, 3.63) is 29.3 Å². The van der Waals surface area contributed by atoms with Crippen LogP contribution in [0.1, 0.15) is 32.6 Å². The van der Waals surface area contributed by atoms with Crippen LogP contribution in [0.2, 0.25) is 5.02 Å². The molecular weight excluding hydrogens is 346 g/mol. The minimum atomic E-state index is 0.151. The normalized spacial score (nSPS) is 17.9. The van der Waals surface area contributed by atoms with E-state index in [0.29, 0.717) is 27.9 Å². The third-order valence-electron chi connectivity index (χ3n) is 4.24. The van der Waals surface area contributed by atoms with Crippen LogP contribution in [0.3, 0.4) is 0 Å². The summed E-state index contributed by atoms with van der Waals surface area (Å²) in [7, 11) is 0. The Balaban J connectivity index is 1.59. The highest BCUT2D eigenvalue weighted by atomic mass is 35.5. The molecule has 24 heavy (non-hydrogen) atoms. The number of thioether (sulfide) groups is 1. The van der Waals surface area contributed by atoms with Crippen LogP contribution in [-0.2, 0) is 4.79 Å². The molecule has 2 heterocycles. The molecule has 7 heteroatoms. The second kappa shape index (κ2) is 8.03. The molecule has 1 aliphatic rings. The van der Waals surface area contributed by atoms with Crippen molar-refractivity contribution in [2.75, 3.05) is 12.3 Å². The summed E-state index contributed by atoms with van der Waals surface area (Å²) in [5.41, 5.74) is 0.812. The lowest BCUT2D eigenvalue weighted by Gasteiger charge is -2.35. The molecule has 1 aromatic heterocycles. The van der Waals surface area contributed by atoms with Crippen molar-refractivity contribution in [3.63, 3.8) is 0 Å². The smallest absolute Gasteiger partial charge is 0.277 e. The highest BCUT2D eigenvalue weighted by Gasteiger charge is 2.25. The van der Waals surface area contributed by atoms with Crippen LogP contribution < -0.4 is 0 Å². The van der Waals surface area contributed by atoms with Gasteiger partial charge in [0.05, 0.1) is 5.75 Å². The number of halogens is 1. The summed E-state index contributed by atoms with van der Waals surface area (Å²) >= 11 is 7.17. The lowest BCUT2D eigenvalue weighted by Crippen LogP contribution is -2.44. The van der Waals surface area contributed by atoms with Crippen molar-refractivity contribution >= 4 is 29.3 Å². The summed E-state index contributed by atoms with van der Waals surface area (Å²) in [5.74, 6) is 0.919. The molecule has 1 amide bonds. The molecule has 5 nitrogen and oxygen atoms in total. The SMILES string of the molecule is CC[C@H]1CCCCN1C(=O)CSc1nnc(-c2ccc(Cl)cc2)o1. The van der Waals surface area contributed by atoms with Crippen molar-refractivity contribution in [1.82, 2.24) is 15.1 Å². The van der Waals surface area contributed by atoms with Crippen molar-refractivity contribution in [2.45, 2.75) is 43.9 Å². The van der Waals surface area contributed by atoms with Gasteiger partial charge in [0.1, 0.15) is 0 Å². The molecule has 1 atom stereocenters. The Morgan fingerprint density at radius 2 is 2.12 bits per heavy atom. The molecule has 0 saturated carbocycles. The van der Waals surface area contributed by atoms with Gasteiger partial charge >= 0.3 is 0 Å². The third-order valence-corrected chi connectivity index (χ3v) is 5.29. The predicted molar refractivity (Wildman–Crippen MR) is 95.1 cm³/mol. The molecule has 128 valence electrons. The molecule has 1 aliphatic heterocycles. The van der Waals surface area contributed by atoms with E-state index in [9.17, 15) is 4.79 Å². The summed E-state index contributed by atoms with van der Waals surface area (Å²) in [6.07, 6.45) is 4.42. The molecule has 0 N–H and O–H groups in total. The number of carbonyl (C=O) groups excluding carboxylic acids is 1. The van der Waals surface area contributed by atoms with Gasteiger partial charge in [-0.25, -0.2) is 0 Å². The number of benzene rings is 1. The number of aromatic nitrogens is 2. The first-order valence-electron chi connectivity index (χ1n) is 8.19. The van der Waals surface area contributed by atoms with Crippen molar-refractivity contribution in [3.8, 4) is 11.5 Å². The molecule has 0 unspecified atom stereocenters. The molecule has 2 aromatic rings. The van der Waals surface area contributed by atoms with Crippen LogP contribution in [0.4, 0.5) is 0 Å². The van der Waals surface area contributed by atoms with Gasteiger partial charge in [0, 0.05) is 23.2 Å². The lowest BCUT2D eigenvalue weighted by atomic mass is 10.0. The van der Waals surface area contributed by atoms with Crippen LogP contribution in [0.15, 0.2) is 33.9 Å². The van der Waals surface area contributed by atoms with E-state index in [1.807, 2.05) is 17.0 Å². The first-order valence-corrected chi connectivity index (χ1v) is 9.55. The molecule has 1 fully saturated rings. The molecule has 1 aromatic carbocycles. The Bertz CT molecular complexity index is 689. The van der Waals surface area contributed by atoms with Gasteiger partial charge in [-0.3, -0.25) is 4.79 Å². The maximum absolute atomic E-state index is 12.5. The van der Waals surface area contributed by atoms with E-state index in [4.69, 9.17) is 16.0 Å². The maximum Gasteiger partial charge on any atom is 0.277 e. The van der Waals surface area contributed by atoms with E-state index in [1.165, 1.54) is 18.2 Å². The quantitative estimate of drug-likeness (QED) is 0.740. The van der Waals surface area contributed by atoms with Crippen LogP contribution in [0.5, 0.6) is 0 Å². The Kier molecular flexibility index (Phi) is 5.79. The Hall–Kier alpha value is -1.53. The number of amides is 1. The summed E-state index contributed by atoms with van der Waals surface area (Å²) in [5, 5.41) is 9.12. The van der Waals surface area contributed by atoms with Crippen LogP contribution in [0.25, 0.3) is 11.5 Å². The lowest BCUT2D eigenvalue weighted by molar-refractivity contribution is -0.132. The van der Waals surface area contributed by atoms with E-state index in [0.717, 1.165) is 31.4 Å². The minimum Gasteiger partial charge on any atom is -0.411 e. The molecule has 0 radical (unpaired) electrons. The van der Waals surface area contributed by atoms with Gasteiger partial charge in [0.15, 0.2) is 0 Å². The highest BCUT2D eigenvalue weighted by molar-refractivity contribution is 7.99. The second-order valence-electron chi connectivity index (χ2n) is 5.81. The minimum absolute atomic E-state index is 0.151. The van der Waals surface area contributed by atoms with Gasteiger partial charge in [-0.2, -0.15) is 0 Å². The fraction of sp³-hybridized carbons (Fsp3) is 0.471. The standard InChI is InChI=1S/C17H20ClN3O2S/c1-2-14-5-3-4-10-21(14)15(22)11-24-17-20-19-16(23-17)12-6-8-13(18)9-7-12/h6-9,14H,2-5,10-11H2,1H3/t14-/m0/s1. The second-order valence-corrected chi connectivity index (χ2v) is 7.18. The molecular formula is C17H20ClN3O2S. The first-order chi connectivity index (χ1) is 11.7. The molecule has 0 spiro atoms. The number of piperidine rings is 1. The van der Waals surface area contributed by atoms with Crippen molar-refractivity contribution in [2.24, 2.45) is 0 Å². The van der Waals surface area contributed by atoms with E-state index in [1.54, 1.807) is 12.1 Å².